The summed E-state index contributed by atoms with van der Waals surface area (Å²) >= 11 is 1.85. The second-order valence-corrected chi connectivity index (χ2v) is 5.91. The molecule has 2 heterocycles. The highest BCUT2D eigenvalue weighted by Crippen LogP contribution is 2.12. The maximum atomic E-state index is 5.38. The Bertz CT molecular complexity index is 310. The van der Waals surface area contributed by atoms with Crippen LogP contribution in [0.3, 0.4) is 0 Å². The molecule has 0 saturated carbocycles. The molecule has 1 fully saturated rings. The number of rotatable bonds is 8. The van der Waals surface area contributed by atoms with E-state index in [2.05, 4.69) is 34.7 Å². The van der Waals surface area contributed by atoms with Gasteiger partial charge >= 0.3 is 0 Å². The van der Waals surface area contributed by atoms with Gasteiger partial charge in [-0.3, -0.25) is 4.90 Å². The van der Waals surface area contributed by atoms with Crippen molar-refractivity contribution in [1.82, 2.24) is 10.2 Å². The van der Waals surface area contributed by atoms with Gasteiger partial charge in [-0.25, -0.2) is 0 Å². The summed E-state index contributed by atoms with van der Waals surface area (Å²) in [6, 6.07) is 4.35. The lowest BCUT2D eigenvalue weighted by molar-refractivity contribution is 0.185. The molecule has 2 rings (SSSR count). The fourth-order valence-corrected chi connectivity index (χ4v) is 3.01. The van der Waals surface area contributed by atoms with Crippen molar-refractivity contribution in [3.05, 3.63) is 22.4 Å². The number of nitrogens with one attached hydrogen (secondary N) is 1. The van der Waals surface area contributed by atoms with Gasteiger partial charge in [-0.1, -0.05) is 13.0 Å². The van der Waals surface area contributed by atoms with E-state index in [0.717, 1.165) is 51.9 Å². The summed E-state index contributed by atoms with van der Waals surface area (Å²) in [5.41, 5.74) is 0. The average molecular weight is 268 g/mol. The van der Waals surface area contributed by atoms with E-state index in [-0.39, 0.29) is 0 Å². The maximum Gasteiger partial charge on any atom is 0.0507 e. The number of thiophene rings is 1. The fraction of sp³-hybridized carbons (Fsp3) is 0.714. The van der Waals surface area contributed by atoms with Crippen LogP contribution in [0, 0.1) is 5.92 Å². The first kappa shape index (κ1) is 14.0. The van der Waals surface area contributed by atoms with E-state index in [1.807, 2.05) is 11.3 Å². The molecule has 3 nitrogen and oxygen atoms in total. The van der Waals surface area contributed by atoms with E-state index in [9.17, 15) is 0 Å². The highest BCUT2D eigenvalue weighted by atomic mass is 32.1. The van der Waals surface area contributed by atoms with Crippen molar-refractivity contribution in [1.29, 1.82) is 0 Å². The van der Waals surface area contributed by atoms with Crippen LogP contribution in [0.1, 0.15) is 18.2 Å². The predicted molar refractivity (Wildman–Crippen MR) is 77.1 cm³/mol. The number of ether oxygens (including phenoxy) is 1. The highest BCUT2D eigenvalue weighted by molar-refractivity contribution is 7.09. The van der Waals surface area contributed by atoms with Gasteiger partial charge in [-0.2, -0.15) is 0 Å². The second-order valence-electron chi connectivity index (χ2n) is 4.88. The number of likely N-dealkylation sites (N-methyl/N-ethyl adjacent to an activating group) is 1. The Morgan fingerprint density at radius 3 is 3.17 bits per heavy atom. The summed E-state index contributed by atoms with van der Waals surface area (Å²) in [5, 5.41) is 5.71. The van der Waals surface area contributed by atoms with Crippen LogP contribution in [0.4, 0.5) is 0 Å². The Kier molecular flexibility index (Phi) is 6.14. The Balaban J connectivity index is 1.58. The largest absolute Gasteiger partial charge is 0.381 e. The van der Waals surface area contributed by atoms with E-state index in [1.165, 1.54) is 11.3 Å². The molecule has 4 heteroatoms. The third-order valence-electron chi connectivity index (χ3n) is 3.47. The van der Waals surface area contributed by atoms with Crippen LogP contribution in [0.2, 0.25) is 0 Å². The molecule has 102 valence electrons. The molecular weight excluding hydrogens is 244 g/mol. The van der Waals surface area contributed by atoms with Crippen molar-refractivity contribution in [2.75, 3.05) is 39.4 Å². The average Bonchev–Trinajstić information content (AvgIpc) is 3.06. The first-order valence-electron chi connectivity index (χ1n) is 6.91. The standard InChI is InChI=1S/C14H24N2OS/c1-2-16(11-14-4-3-9-18-14)7-6-15-10-13-5-8-17-12-13/h3-4,9,13,15H,2,5-8,10-12H2,1H3. The summed E-state index contributed by atoms with van der Waals surface area (Å²) in [6.45, 7) is 9.65. The smallest absolute Gasteiger partial charge is 0.0507 e. The van der Waals surface area contributed by atoms with Crippen LogP contribution < -0.4 is 5.32 Å². The molecule has 0 aromatic carbocycles. The zero-order chi connectivity index (χ0) is 12.6. The second kappa shape index (κ2) is 7.89. The molecule has 1 N–H and O–H groups in total. The summed E-state index contributed by atoms with van der Waals surface area (Å²) in [4.78, 5) is 3.95. The van der Waals surface area contributed by atoms with Crippen LogP contribution in [0.25, 0.3) is 0 Å². The van der Waals surface area contributed by atoms with E-state index in [4.69, 9.17) is 4.74 Å². The molecule has 1 aliphatic heterocycles. The van der Waals surface area contributed by atoms with E-state index >= 15 is 0 Å². The molecule has 0 aliphatic carbocycles. The Hall–Kier alpha value is -0.420. The minimum absolute atomic E-state index is 0.734. The fourth-order valence-electron chi connectivity index (χ4n) is 2.26. The zero-order valence-electron chi connectivity index (χ0n) is 11.2. The Labute approximate surface area is 114 Å². The lowest BCUT2D eigenvalue weighted by atomic mass is 10.1. The summed E-state index contributed by atoms with van der Waals surface area (Å²) < 4.78 is 5.38. The monoisotopic (exact) mass is 268 g/mol. The van der Waals surface area contributed by atoms with Gasteiger partial charge in [0.2, 0.25) is 0 Å². The van der Waals surface area contributed by atoms with Crippen molar-refractivity contribution in [3.63, 3.8) is 0 Å². The van der Waals surface area contributed by atoms with Crippen LogP contribution >= 0.6 is 11.3 Å². The van der Waals surface area contributed by atoms with Gasteiger partial charge in [0.1, 0.15) is 0 Å². The van der Waals surface area contributed by atoms with Gasteiger partial charge in [0.25, 0.3) is 0 Å². The predicted octanol–water partition coefficient (Wildman–Crippen LogP) is 2.20. The minimum Gasteiger partial charge on any atom is -0.381 e. The molecular formula is C14H24N2OS. The van der Waals surface area contributed by atoms with Gasteiger partial charge in [0, 0.05) is 37.7 Å². The molecule has 18 heavy (non-hydrogen) atoms. The van der Waals surface area contributed by atoms with Crippen LogP contribution in [0.15, 0.2) is 17.5 Å². The lowest BCUT2D eigenvalue weighted by Gasteiger charge is -2.20. The van der Waals surface area contributed by atoms with Gasteiger partial charge in [-0.05, 0) is 30.3 Å². The Morgan fingerprint density at radius 2 is 2.50 bits per heavy atom. The van der Waals surface area contributed by atoms with Gasteiger partial charge < -0.3 is 10.1 Å². The number of hydrogen-bond donors (Lipinski definition) is 1. The molecule has 1 atom stereocenters. The van der Waals surface area contributed by atoms with Gasteiger partial charge in [0.15, 0.2) is 0 Å². The first-order valence-corrected chi connectivity index (χ1v) is 7.79. The van der Waals surface area contributed by atoms with Crippen LogP contribution in [-0.2, 0) is 11.3 Å². The number of nitrogens with zero attached hydrogens (tertiary/aromatic N) is 1. The van der Waals surface area contributed by atoms with Crippen molar-refractivity contribution in [2.24, 2.45) is 5.92 Å². The third kappa shape index (κ3) is 4.69. The molecule has 1 unspecified atom stereocenters. The Morgan fingerprint density at radius 1 is 1.56 bits per heavy atom. The molecule has 0 bridgehead atoms. The topological polar surface area (TPSA) is 24.5 Å². The van der Waals surface area contributed by atoms with Crippen LogP contribution in [0.5, 0.6) is 0 Å². The SMILES string of the molecule is CCN(CCNCC1CCOC1)Cc1cccs1. The molecule has 1 saturated heterocycles. The van der Waals surface area contributed by atoms with Crippen molar-refractivity contribution in [3.8, 4) is 0 Å². The van der Waals surface area contributed by atoms with Gasteiger partial charge in [-0.15, -0.1) is 11.3 Å². The molecule has 0 spiro atoms. The molecule has 1 aromatic rings. The van der Waals surface area contributed by atoms with Crippen molar-refractivity contribution >= 4 is 11.3 Å². The molecule has 0 radical (unpaired) electrons. The molecule has 1 aromatic heterocycles. The minimum atomic E-state index is 0.734. The summed E-state index contributed by atoms with van der Waals surface area (Å²) in [6.07, 6.45) is 1.22. The van der Waals surface area contributed by atoms with E-state index in [0.29, 0.717) is 0 Å². The van der Waals surface area contributed by atoms with E-state index < -0.39 is 0 Å². The summed E-state index contributed by atoms with van der Waals surface area (Å²) in [7, 11) is 0. The lowest BCUT2D eigenvalue weighted by Crippen LogP contribution is -2.33. The first-order chi connectivity index (χ1) is 8.88. The van der Waals surface area contributed by atoms with Gasteiger partial charge in [0.05, 0.1) is 6.61 Å². The number of hydrogen-bond acceptors (Lipinski definition) is 4. The summed E-state index contributed by atoms with van der Waals surface area (Å²) in [5.74, 6) is 0.734. The van der Waals surface area contributed by atoms with Crippen molar-refractivity contribution < 1.29 is 4.74 Å². The van der Waals surface area contributed by atoms with Crippen molar-refractivity contribution in [2.45, 2.75) is 19.9 Å². The molecule has 0 amide bonds. The highest BCUT2D eigenvalue weighted by Gasteiger charge is 2.14. The van der Waals surface area contributed by atoms with Crippen LogP contribution in [-0.4, -0.2) is 44.3 Å². The third-order valence-corrected chi connectivity index (χ3v) is 4.33. The van der Waals surface area contributed by atoms with E-state index in [1.54, 1.807) is 0 Å². The normalized spacial score (nSPS) is 19.8. The molecule has 1 aliphatic rings. The maximum absolute atomic E-state index is 5.38. The quantitative estimate of drug-likeness (QED) is 0.732. The zero-order valence-corrected chi connectivity index (χ0v) is 12.0.